The van der Waals surface area contributed by atoms with E-state index in [1.165, 1.54) is 0 Å². The van der Waals surface area contributed by atoms with Crippen molar-refractivity contribution in [2.24, 2.45) is 7.05 Å². The number of hydrogen-bond donors (Lipinski definition) is 0. The summed E-state index contributed by atoms with van der Waals surface area (Å²) in [7, 11) is 2.02. The molecule has 0 radical (unpaired) electrons. The molecule has 3 rings (SSSR count). The van der Waals surface area contributed by atoms with E-state index in [1.807, 2.05) is 48.8 Å². The van der Waals surface area contributed by atoms with E-state index in [0.29, 0.717) is 6.54 Å². The first kappa shape index (κ1) is 16.2. The van der Waals surface area contributed by atoms with Gasteiger partial charge in [0.1, 0.15) is 5.82 Å². The lowest BCUT2D eigenvalue weighted by Crippen LogP contribution is -2.51. The highest BCUT2D eigenvalue weighted by atomic mass is 32.1. The number of aromatic nitrogens is 2. The molecule has 5 nitrogen and oxygen atoms in total. The lowest BCUT2D eigenvalue weighted by Gasteiger charge is -2.41. The molecule has 1 aliphatic heterocycles. The van der Waals surface area contributed by atoms with Gasteiger partial charge in [-0.3, -0.25) is 9.69 Å². The molecule has 0 unspecified atom stereocenters. The fraction of sp³-hybridized carbons (Fsp3) is 0.529. The standard InChI is InChI=1S/C17H24N4OS/c1-4-20-9-10-21(12-14(20)16-18-7-8-19(16)3)17(22)13(2)15-6-5-11-23-15/h5-8,11,13-14H,4,9-10,12H2,1-3H3/t13-,14-/m1/s1. The van der Waals surface area contributed by atoms with Gasteiger partial charge in [-0.05, 0) is 24.9 Å². The van der Waals surface area contributed by atoms with Crippen molar-refractivity contribution in [2.45, 2.75) is 25.8 Å². The fourth-order valence-electron chi connectivity index (χ4n) is 3.28. The summed E-state index contributed by atoms with van der Waals surface area (Å²) in [6, 6.07) is 4.23. The van der Waals surface area contributed by atoms with Gasteiger partial charge in [0.05, 0.1) is 12.0 Å². The van der Waals surface area contributed by atoms with Crippen molar-refractivity contribution in [1.82, 2.24) is 19.4 Å². The molecule has 0 bridgehead atoms. The predicted molar refractivity (Wildman–Crippen MR) is 92.5 cm³/mol. The zero-order valence-electron chi connectivity index (χ0n) is 14.0. The van der Waals surface area contributed by atoms with E-state index in [1.54, 1.807) is 11.3 Å². The van der Waals surface area contributed by atoms with Gasteiger partial charge < -0.3 is 9.47 Å². The van der Waals surface area contributed by atoms with Crippen molar-refractivity contribution >= 4 is 17.2 Å². The lowest BCUT2D eigenvalue weighted by atomic mass is 10.1. The minimum Gasteiger partial charge on any atom is -0.339 e. The van der Waals surface area contributed by atoms with Gasteiger partial charge >= 0.3 is 0 Å². The molecule has 0 spiro atoms. The monoisotopic (exact) mass is 332 g/mol. The third-order valence-electron chi connectivity index (χ3n) is 4.71. The van der Waals surface area contributed by atoms with Gasteiger partial charge in [0.2, 0.25) is 5.91 Å². The number of carbonyl (C=O) groups excluding carboxylic acids is 1. The van der Waals surface area contributed by atoms with Crippen LogP contribution in [-0.4, -0.2) is 51.4 Å². The number of nitrogens with zero attached hydrogens (tertiary/aromatic N) is 4. The topological polar surface area (TPSA) is 41.4 Å². The summed E-state index contributed by atoms with van der Waals surface area (Å²) in [5.41, 5.74) is 0. The van der Waals surface area contributed by atoms with Crippen LogP contribution >= 0.6 is 11.3 Å². The van der Waals surface area contributed by atoms with Crippen LogP contribution in [-0.2, 0) is 11.8 Å². The Morgan fingerprint density at radius 2 is 2.30 bits per heavy atom. The van der Waals surface area contributed by atoms with Gasteiger partial charge in [-0.2, -0.15) is 0 Å². The number of likely N-dealkylation sites (N-methyl/N-ethyl adjacent to an activating group) is 1. The molecule has 1 aliphatic rings. The summed E-state index contributed by atoms with van der Waals surface area (Å²) in [5, 5.41) is 2.03. The van der Waals surface area contributed by atoms with Crippen LogP contribution in [0.5, 0.6) is 0 Å². The highest BCUT2D eigenvalue weighted by Crippen LogP contribution is 2.28. The molecular formula is C17H24N4OS. The molecule has 3 heterocycles. The van der Waals surface area contributed by atoms with Crippen molar-refractivity contribution in [2.75, 3.05) is 26.2 Å². The molecule has 6 heteroatoms. The van der Waals surface area contributed by atoms with Crippen LogP contribution in [0.3, 0.4) is 0 Å². The van der Waals surface area contributed by atoms with Crippen molar-refractivity contribution in [3.05, 3.63) is 40.6 Å². The van der Waals surface area contributed by atoms with Crippen LogP contribution in [0.2, 0.25) is 0 Å². The highest BCUT2D eigenvalue weighted by Gasteiger charge is 2.33. The van der Waals surface area contributed by atoms with E-state index >= 15 is 0 Å². The van der Waals surface area contributed by atoms with Gasteiger partial charge in [-0.25, -0.2) is 4.98 Å². The van der Waals surface area contributed by atoms with Gasteiger partial charge in [-0.15, -0.1) is 11.3 Å². The number of carbonyl (C=O) groups is 1. The van der Waals surface area contributed by atoms with E-state index in [0.717, 1.165) is 30.3 Å². The molecule has 0 aliphatic carbocycles. The largest absolute Gasteiger partial charge is 0.339 e. The number of amides is 1. The molecular weight excluding hydrogens is 308 g/mol. The third kappa shape index (κ3) is 3.19. The SMILES string of the molecule is CCN1CCN(C(=O)[C@H](C)c2cccs2)C[C@@H]1c1nccn1C. The first-order chi connectivity index (χ1) is 11.1. The number of rotatable bonds is 4. The average Bonchev–Trinajstić information content (AvgIpc) is 3.24. The Hall–Kier alpha value is -1.66. The summed E-state index contributed by atoms with van der Waals surface area (Å²) in [6.45, 7) is 7.56. The molecule has 0 N–H and O–H groups in total. The average molecular weight is 332 g/mol. The Bertz CT molecular complexity index is 651. The Morgan fingerprint density at radius 1 is 1.48 bits per heavy atom. The molecule has 124 valence electrons. The minimum absolute atomic E-state index is 0.0646. The van der Waals surface area contributed by atoms with Gasteiger partial charge in [0, 0.05) is 44.0 Å². The second-order valence-corrected chi connectivity index (χ2v) is 7.04. The number of piperazine rings is 1. The quantitative estimate of drug-likeness (QED) is 0.864. The van der Waals surface area contributed by atoms with E-state index < -0.39 is 0 Å². The molecule has 2 aromatic rings. The Balaban J connectivity index is 1.77. The summed E-state index contributed by atoms with van der Waals surface area (Å²) in [5.74, 6) is 1.20. The number of imidazole rings is 1. The van der Waals surface area contributed by atoms with Crippen LogP contribution in [0.4, 0.5) is 0 Å². The van der Waals surface area contributed by atoms with Gasteiger partial charge in [0.15, 0.2) is 0 Å². The Kier molecular flexibility index (Phi) is 4.82. The van der Waals surface area contributed by atoms with Crippen LogP contribution in [0, 0.1) is 0 Å². The third-order valence-corrected chi connectivity index (χ3v) is 5.76. The van der Waals surface area contributed by atoms with E-state index in [-0.39, 0.29) is 17.9 Å². The van der Waals surface area contributed by atoms with Crippen LogP contribution in [0.15, 0.2) is 29.9 Å². The van der Waals surface area contributed by atoms with Crippen molar-refractivity contribution < 1.29 is 4.79 Å². The molecule has 23 heavy (non-hydrogen) atoms. The first-order valence-electron chi connectivity index (χ1n) is 8.15. The van der Waals surface area contributed by atoms with Crippen LogP contribution < -0.4 is 0 Å². The molecule has 2 atom stereocenters. The van der Waals surface area contributed by atoms with Crippen LogP contribution in [0.1, 0.15) is 36.5 Å². The maximum atomic E-state index is 12.9. The highest BCUT2D eigenvalue weighted by molar-refractivity contribution is 7.10. The molecule has 0 aromatic carbocycles. The molecule has 1 fully saturated rings. The normalized spacial score (nSPS) is 20.7. The van der Waals surface area contributed by atoms with E-state index in [2.05, 4.69) is 21.4 Å². The predicted octanol–water partition coefficient (Wildman–Crippen LogP) is 2.49. The van der Waals surface area contributed by atoms with E-state index in [4.69, 9.17) is 0 Å². The summed E-state index contributed by atoms with van der Waals surface area (Å²) in [4.78, 5) is 22.9. The number of thiophene rings is 1. The summed E-state index contributed by atoms with van der Waals surface area (Å²) < 4.78 is 2.06. The van der Waals surface area contributed by atoms with Gasteiger partial charge in [-0.1, -0.05) is 13.0 Å². The molecule has 1 saturated heterocycles. The smallest absolute Gasteiger partial charge is 0.230 e. The van der Waals surface area contributed by atoms with Gasteiger partial charge in [0.25, 0.3) is 0 Å². The Morgan fingerprint density at radius 3 is 2.91 bits per heavy atom. The second kappa shape index (κ2) is 6.84. The fourth-order valence-corrected chi connectivity index (χ4v) is 4.05. The Labute approximate surface area is 141 Å². The number of hydrogen-bond acceptors (Lipinski definition) is 4. The maximum absolute atomic E-state index is 12.9. The maximum Gasteiger partial charge on any atom is 0.230 e. The summed E-state index contributed by atoms with van der Waals surface area (Å²) >= 11 is 1.66. The summed E-state index contributed by atoms with van der Waals surface area (Å²) in [6.07, 6.45) is 3.80. The lowest BCUT2D eigenvalue weighted by molar-refractivity contribution is -0.135. The molecule has 1 amide bonds. The molecule has 2 aromatic heterocycles. The van der Waals surface area contributed by atoms with Crippen molar-refractivity contribution in [3.63, 3.8) is 0 Å². The zero-order chi connectivity index (χ0) is 16.4. The number of aryl methyl sites for hydroxylation is 1. The molecule has 0 saturated carbocycles. The minimum atomic E-state index is -0.0646. The van der Waals surface area contributed by atoms with Crippen LogP contribution in [0.25, 0.3) is 0 Å². The van der Waals surface area contributed by atoms with Crippen molar-refractivity contribution in [1.29, 1.82) is 0 Å². The van der Waals surface area contributed by atoms with E-state index in [9.17, 15) is 4.79 Å². The second-order valence-electron chi connectivity index (χ2n) is 6.06. The van der Waals surface area contributed by atoms with Crippen molar-refractivity contribution in [3.8, 4) is 0 Å². The zero-order valence-corrected chi connectivity index (χ0v) is 14.8. The first-order valence-corrected chi connectivity index (χ1v) is 9.03.